The van der Waals surface area contributed by atoms with Crippen molar-refractivity contribution in [2.45, 2.75) is 31.2 Å². The quantitative estimate of drug-likeness (QED) is 0.866. The number of carbonyl (C=O) groups excluding carboxylic acids is 1. The van der Waals surface area contributed by atoms with Crippen LogP contribution in [0.4, 0.5) is 4.79 Å². The highest BCUT2D eigenvalue weighted by Gasteiger charge is 2.11. The number of rotatable bonds is 5. The van der Waals surface area contributed by atoms with Crippen LogP contribution in [0, 0.1) is 0 Å². The summed E-state index contributed by atoms with van der Waals surface area (Å²) in [4.78, 5) is 11.8. The van der Waals surface area contributed by atoms with Gasteiger partial charge in [-0.1, -0.05) is 19.1 Å². The zero-order chi connectivity index (χ0) is 14.5. The molecule has 106 valence electrons. The Kier molecular flexibility index (Phi) is 5.35. The predicted octanol–water partition coefficient (Wildman–Crippen LogP) is 1.86. The molecule has 0 aliphatic rings. The molecule has 0 fully saturated rings. The first-order chi connectivity index (χ1) is 8.84. The van der Waals surface area contributed by atoms with Crippen molar-refractivity contribution in [2.24, 2.45) is 0 Å². The van der Waals surface area contributed by atoms with Crippen molar-refractivity contribution < 1.29 is 13.2 Å². The molecule has 0 bridgehead atoms. The summed E-state index contributed by atoms with van der Waals surface area (Å²) in [6.07, 6.45) is 2.05. The fourth-order valence-corrected chi connectivity index (χ4v) is 2.20. The standard InChI is InChI=1S/C13H20N2O3S/c1-4-9-14-13(16)15-10(2)11-5-7-12(8-6-11)19(3,17)18/h5-8,10H,4,9H2,1-3H3,(H2,14,15,16)/t10-/m1/s1. The van der Waals surface area contributed by atoms with Crippen LogP contribution in [0.3, 0.4) is 0 Å². The number of urea groups is 1. The van der Waals surface area contributed by atoms with E-state index in [9.17, 15) is 13.2 Å². The van der Waals surface area contributed by atoms with Gasteiger partial charge < -0.3 is 10.6 Å². The molecular formula is C13H20N2O3S. The van der Waals surface area contributed by atoms with Crippen molar-refractivity contribution in [1.82, 2.24) is 10.6 Å². The third-order valence-electron chi connectivity index (χ3n) is 2.69. The number of hydrogen-bond acceptors (Lipinski definition) is 3. The number of amides is 2. The highest BCUT2D eigenvalue weighted by atomic mass is 32.2. The van der Waals surface area contributed by atoms with Crippen LogP contribution in [0.2, 0.25) is 0 Å². The van der Waals surface area contributed by atoms with E-state index in [4.69, 9.17) is 0 Å². The Balaban J connectivity index is 2.68. The molecule has 0 saturated carbocycles. The molecule has 1 aromatic rings. The van der Waals surface area contributed by atoms with E-state index in [-0.39, 0.29) is 17.0 Å². The smallest absolute Gasteiger partial charge is 0.315 e. The molecule has 0 aromatic heterocycles. The molecule has 5 nitrogen and oxygen atoms in total. The second kappa shape index (κ2) is 6.56. The van der Waals surface area contributed by atoms with Gasteiger partial charge in [-0.25, -0.2) is 13.2 Å². The van der Waals surface area contributed by atoms with E-state index >= 15 is 0 Å². The largest absolute Gasteiger partial charge is 0.338 e. The average Bonchev–Trinajstić information content (AvgIpc) is 2.35. The van der Waals surface area contributed by atoms with Gasteiger partial charge in [0.15, 0.2) is 9.84 Å². The van der Waals surface area contributed by atoms with Gasteiger partial charge >= 0.3 is 6.03 Å². The van der Waals surface area contributed by atoms with Gasteiger partial charge in [-0.2, -0.15) is 0 Å². The van der Waals surface area contributed by atoms with Crippen molar-refractivity contribution in [3.63, 3.8) is 0 Å². The van der Waals surface area contributed by atoms with E-state index in [1.807, 2.05) is 13.8 Å². The van der Waals surface area contributed by atoms with Crippen LogP contribution >= 0.6 is 0 Å². The molecule has 0 spiro atoms. The van der Waals surface area contributed by atoms with Crippen LogP contribution in [-0.4, -0.2) is 27.2 Å². The first-order valence-electron chi connectivity index (χ1n) is 6.19. The SMILES string of the molecule is CCCNC(=O)N[C@H](C)c1ccc(S(C)(=O)=O)cc1. The highest BCUT2D eigenvalue weighted by Crippen LogP contribution is 2.16. The molecule has 19 heavy (non-hydrogen) atoms. The lowest BCUT2D eigenvalue weighted by molar-refractivity contribution is 0.238. The molecule has 0 saturated heterocycles. The first kappa shape index (κ1) is 15.5. The van der Waals surface area contributed by atoms with Gasteiger partial charge in [-0.15, -0.1) is 0 Å². The number of nitrogens with one attached hydrogen (secondary N) is 2. The third-order valence-corrected chi connectivity index (χ3v) is 3.82. The molecule has 0 aliphatic heterocycles. The summed E-state index contributed by atoms with van der Waals surface area (Å²) in [6.45, 7) is 4.46. The molecule has 0 unspecified atom stereocenters. The molecule has 0 radical (unpaired) electrons. The highest BCUT2D eigenvalue weighted by molar-refractivity contribution is 7.90. The van der Waals surface area contributed by atoms with Crippen LogP contribution < -0.4 is 10.6 Å². The Morgan fingerprint density at radius 3 is 2.32 bits per heavy atom. The van der Waals surface area contributed by atoms with Crippen LogP contribution in [0.1, 0.15) is 31.9 Å². The summed E-state index contributed by atoms with van der Waals surface area (Å²) < 4.78 is 22.7. The lowest BCUT2D eigenvalue weighted by Gasteiger charge is -2.15. The maximum absolute atomic E-state index is 11.5. The molecule has 6 heteroatoms. The molecule has 2 amide bonds. The summed E-state index contributed by atoms with van der Waals surface area (Å²) in [5.41, 5.74) is 0.860. The van der Waals surface area contributed by atoms with E-state index < -0.39 is 9.84 Å². The van der Waals surface area contributed by atoms with Gasteiger partial charge in [0.1, 0.15) is 0 Å². The fraction of sp³-hybridized carbons (Fsp3) is 0.462. The minimum absolute atomic E-state index is 0.175. The minimum Gasteiger partial charge on any atom is -0.338 e. The normalized spacial score (nSPS) is 12.8. The van der Waals surface area contributed by atoms with Crippen LogP contribution in [0.25, 0.3) is 0 Å². The topological polar surface area (TPSA) is 75.3 Å². The Hall–Kier alpha value is -1.56. The lowest BCUT2D eigenvalue weighted by atomic mass is 10.1. The first-order valence-corrected chi connectivity index (χ1v) is 8.08. The third kappa shape index (κ3) is 4.90. The zero-order valence-corrected chi connectivity index (χ0v) is 12.3. The number of carbonyl (C=O) groups is 1. The van der Waals surface area contributed by atoms with Gasteiger partial charge in [0.05, 0.1) is 10.9 Å². The Labute approximate surface area is 114 Å². The van der Waals surface area contributed by atoms with E-state index in [0.717, 1.165) is 12.0 Å². The Bertz CT molecular complexity index is 523. The summed E-state index contributed by atoms with van der Waals surface area (Å²) in [5, 5.41) is 5.51. The Morgan fingerprint density at radius 2 is 1.84 bits per heavy atom. The Morgan fingerprint density at radius 1 is 1.26 bits per heavy atom. The van der Waals surface area contributed by atoms with Crippen molar-refractivity contribution in [3.05, 3.63) is 29.8 Å². The van der Waals surface area contributed by atoms with Gasteiger partial charge in [-0.05, 0) is 31.0 Å². The monoisotopic (exact) mass is 284 g/mol. The second-order valence-electron chi connectivity index (χ2n) is 4.46. The molecule has 2 N–H and O–H groups in total. The van der Waals surface area contributed by atoms with Crippen molar-refractivity contribution in [2.75, 3.05) is 12.8 Å². The number of hydrogen-bond donors (Lipinski definition) is 2. The van der Waals surface area contributed by atoms with E-state index in [2.05, 4.69) is 10.6 Å². The molecule has 1 aromatic carbocycles. The molecular weight excluding hydrogens is 264 g/mol. The van der Waals surface area contributed by atoms with Gasteiger partial charge in [-0.3, -0.25) is 0 Å². The van der Waals surface area contributed by atoms with Crippen LogP contribution in [0.5, 0.6) is 0 Å². The van der Waals surface area contributed by atoms with Gasteiger partial charge in [0.2, 0.25) is 0 Å². The van der Waals surface area contributed by atoms with Crippen LogP contribution in [0.15, 0.2) is 29.2 Å². The lowest BCUT2D eigenvalue weighted by Crippen LogP contribution is -2.37. The van der Waals surface area contributed by atoms with Crippen molar-refractivity contribution in [3.8, 4) is 0 Å². The van der Waals surface area contributed by atoms with Crippen molar-refractivity contribution >= 4 is 15.9 Å². The molecule has 1 atom stereocenters. The summed E-state index contributed by atoms with van der Waals surface area (Å²) in [7, 11) is -3.18. The van der Waals surface area contributed by atoms with Gasteiger partial charge in [0, 0.05) is 12.8 Å². The summed E-state index contributed by atoms with van der Waals surface area (Å²) >= 11 is 0. The average molecular weight is 284 g/mol. The van der Waals surface area contributed by atoms with Gasteiger partial charge in [0.25, 0.3) is 0 Å². The van der Waals surface area contributed by atoms with Crippen molar-refractivity contribution in [1.29, 1.82) is 0 Å². The second-order valence-corrected chi connectivity index (χ2v) is 6.48. The van der Waals surface area contributed by atoms with Crippen LogP contribution in [-0.2, 0) is 9.84 Å². The van der Waals surface area contributed by atoms with E-state index in [1.165, 1.54) is 6.26 Å². The van der Waals surface area contributed by atoms with E-state index in [1.54, 1.807) is 24.3 Å². The molecule has 1 rings (SSSR count). The minimum atomic E-state index is -3.18. The summed E-state index contributed by atoms with van der Waals surface area (Å²) in [6, 6.07) is 6.12. The molecule has 0 heterocycles. The molecule has 0 aliphatic carbocycles. The predicted molar refractivity (Wildman–Crippen MR) is 74.8 cm³/mol. The number of benzene rings is 1. The van der Waals surface area contributed by atoms with E-state index in [0.29, 0.717) is 6.54 Å². The zero-order valence-electron chi connectivity index (χ0n) is 11.4. The maximum Gasteiger partial charge on any atom is 0.315 e. The number of sulfone groups is 1. The maximum atomic E-state index is 11.5. The fourth-order valence-electron chi connectivity index (χ4n) is 1.57. The summed E-state index contributed by atoms with van der Waals surface area (Å²) in [5.74, 6) is 0.